The first-order valence-corrected chi connectivity index (χ1v) is 29.9. The minimum Gasteiger partial charge on any atom is -0.460 e. The number of amides is 4. The molecule has 17 nitrogen and oxygen atoms in total. The number of esters is 2. The fourth-order valence-electron chi connectivity index (χ4n) is 12.1. The van der Waals surface area contributed by atoms with Crippen LogP contribution in [0.1, 0.15) is 208 Å². The Balaban J connectivity index is 0.000000222. The average Bonchev–Trinajstić information content (AvgIpc) is 4.02. The smallest absolute Gasteiger partial charge is 0.410 e. The summed E-state index contributed by atoms with van der Waals surface area (Å²) in [6, 6.07) is 11.5. The van der Waals surface area contributed by atoms with Crippen molar-refractivity contribution in [3.8, 4) is 0 Å². The molecular weight excluding hydrogens is 1030 g/mol. The highest BCUT2D eigenvalue weighted by Crippen LogP contribution is 2.42. The van der Waals surface area contributed by atoms with Crippen molar-refractivity contribution in [3.05, 3.63) is 69.8 Å². The second-order valence-corrected chi connectivity index (χ2v) is 27.5. The fraction of sp³-hybridized carbons (Fsp3) is 0.703. The summed E-state index contributed by atoms with van der Waals surface area (Å²) < 4.78 is 22.0. The predicted octanol–water partition coefficient (Wildman–Crippen LogP) is 10.7. The SMILES string of the molecule is CC(C)(C)OC(=O)C1CCNCC1.Cc1ccc(C(=O)N2CCCC23CCN(C(=O)OC(C)(C)C)CC3)c(C=O)c1.Cc1ccc(C(=O)N2CCCC23CCN(C(=O)OC(C)(C)C)CC3)c(CN2CCC(C(=O)OC(C)(C)C)CC2)c1. The summed E-state index contributed by atoms with van der Waals surface area (Å²) in [5, 5.41) is 3.22. The van der Waals surface area contributed by atoms with Crippen LogP contribution in [-0.4, -0.2) is 166 Å². The van der Waals surface area contributed by atoms with Crippen molar-refractivity contribution in [3.63, 3.8) is 0 Å². The maximum atomic E-state index is 14.1. The van der Waals surface area contributed by atoms with Gasteiger partial charge in [0.05, 0.1) is 17.4 Å². The number of nitrogens with zero attached hydrogens (tertiary/aromatic N) is 5. The fourth-order valence-corrected chi connectivity index (χ4v) is 12.1. The molecule has 6 heterocycles. The first-order chi connectivity index (χ1) is 37.8. The molecule has 4 amide bonds. The lowest BCUT2D eigenvalue weighted by Gasteiger charge is -2.45. The van der Waals surface area contributed by atoms with Crippen molar-refractivity contribution in [1.82, 2.24) is 29.8 Å². The van der Waals surface area contributed by atoms with Gasteiger partial charge in [-0.25, -0.2) is 9.59 Å². The van der Waals surface area contributed by atoms with Gasteiger partial charge in [0, 0.05) is 68.0 Å². The van der Waals surface area contributed by atoms with Gasteiger partial charge in [-0.05, 0) is 224 Å². The molecule has 81 heavy (non-hydrogen) atoms. The number of likely N-dealkylation sites (tertiary alicyclic amines) is 5. The quantitative estimate of drug-likeness (QED) is 0.157. The molecule has 2 aromatic carbocycles. The number of hydrogen-bond acceptors (Lipinski definition) is 13. The summed E-state index contributed by atoms with van der Waals surface area (Å²) in [6.45, 7) is 34.6. The number of piperidine rings is 4. The number of carbonyl (C=O) groups excluding carboxylic acids is 7. The summed E-state index contributed by atoms with van der Waals surface area (Å²) >= 11 is 0. The number of ether oxygens (including phenoxy) is 4. The zero-order chi connectivity index (χ0) is 59.7. The molecule has 6 aliphatic rings. The van der Waals surface area contributed by atoms with Gasteiger partial charge in [-0.3, -0.25) is 28.9 Å². The van der Waals surface area contributed by atoms with Crippen molar-refractivity contribution in [2.24, 2.45) is 11.8 Å². The van der Waals surface area contributed by atoms with Gasteiger partial charge in [-0.15, -0.1) is 0 Å². The second kappa shape index (κ2) is 26.8. The highest BCUT2D eigenvalue weighted by atomic mass is 16.6. The molecular formula is C64H98N6O11. The lowest BCUT2D eigenvalue weighted by Crippen LogP contribution is -2.55. The molecule has 2 aromatic rings. The minimum absolute atomic E-state index is 0.0333. The lowest BCUT2D eigenvalue weighted by molar-refractivity contribution is -0.162. The Morgan fingerprint density at radius 1 is 0.519 bits per heavy atom. The Kier molecular flexibility index (Phi) is 21.4. The number of nitrogens with one attached hydrogen (secondary N) is 1. The van der Waals surface area contributed by atoms with Crippen LogP contribution < -0.4 is 5.32 Å². The largest absolute Gasteiger partial charge is 0.460 e. The Hall–Kier alpha value is -5.55. The van der Waals surface area contributed by atoms with E-state index in [4.69, 9.17) is 18.9 Å². The molecule has 0 bridgehead atoms. The van der Waals surface area contributed by atoms with Crippen molar-refractivity contribution >= 4 is 42.2 Å². The number of hydrogen-bond donors (Lipinski definition) is 1. The maximum absolute atomic E-state index is 14.1. The molecule has 8 rings (SSSR count). The Morgan fingerprint density at radius 3 is 1.33 bits per heavy atom. The summed E-state index contributed by atoms with van der Waals surface area (Å²) in [5.41, 5.74) is 2.54. The van der Waals surface area contributed by atoms with Crippen LogP contribution in [0.2, 0.25) is 0 Å². The molecule has 6 saturated heterocycles. The van der Waals surface area contributed by atoms with Crippen molar-refractivity contribution in [2.45, 2.75) is 214 Å². The van der Waals surface area contributed by atoms with Gasteiger partial charge in [0.1, 0.15) is 22.4 Å². The van der Waals surface area contributed by atoms with Crippen LogP contribution in [0, 0.1) is 25.7 Å². The van der Waals surface area contributed by atoms with E-state index in [0.717, 1.165) is 138 Å². The van der Waals surface area contributed by atoms with E-state index in [0.29, 0.717) is 50.4 Å². The van der Waals surface area contributed by atoms with Gasteiger partial charge in [0.15, 0.2) is 6.29 Å². The molecule has 0 atom stereocenters. The number of aryl methyl sites for hydroxylation is 2. The summed E-state index contributed by atoms with van der Waals surface area (Å²) in [6.07, 6.45) is 10.4. The lowest BCUT2D eigenvalue weighted by atomic mass is 9.84. The Bertz CT molecular complexity index is 2520. The molecule has 0 aromatic heterocycles. The maximum Gasteiger partial charge on any atom is 0.410 e. The van der Waals surface area contributed by atoms with Crippen LogP contribution in [0.4, 0.5) is 9.59 Å². The van der Waals surface area contributed by atoms with Gasteiger partial charge in [0.25, 0.3) is 11.8 Å². The van der Waals surface area contributed by atoms with E-state index < -0.39 is 16.8 Å². The van der Waals surface area contributed by atoms with Crippen LogP contribution in [0.15, 0.2) is 36.4 Å². The average molecular weight is 1130 g/mol. The van der Waals surface area contributed by atoms with Gasteiger partial charge < -0.3 is 43.9 Å². The van der Waals surface area contributed by atoms with Gasteiger partial charge in [-0.2, -0.15) is 0 Å². The molecule has 0 aliphatic carbocycles. The van der Waals surface area contributed by atoms with E-state index in [1.807, 2.05) is 113 Å². The van der Waals surface area contributed by atoms with Gasteiger partial charge in [0.2, 0.25) is 0 Å². The third-order valence-corrected chi connectivity index (χ3v) is 16.2. The van der Waals surface area contributed by atoms with Crippen molar-refractivity contribution < 1.29 is 52.5 Å². The van der Waals surface area contributed by atoms with Gasteiger partial charge >= 0.3 is 24.1 Å². The molecule has 0 saturated carbocycles. The molecule has 0 unspecified atom stereocenters. The number of aldehydes is 1. The van der Waals surface area contributed by atoms with Crippen LogP contribution in [0.5, 0.6) is 0 Å². The third kappa shape index (κ3) is 18.2. The molecule has 0 radical (unpaired) electrons. The number of rotatable bonds is 7. The standard InChI is InChI=1S/C32H49N3O5.C22H30N2O4.C10H19NO2/c1-23-9-10-26(25(21-23)22-33-17-11-24(12-18-33)28(37)39-30(2,3)4)27(36)35-16-8-13-32(35)14-19-34(20-15-32)29(38)40-31(5,6)7;1-16-6-7-18(17(14-16)15-25)19(26)24-11-5-8-22(24)9-12-23(13-10-22)20(27)28-21(2,3)4;1-10(2,3)13-9(12)8-4-6-11-7-5-8/h9-10,21,24H,8,11-20,22H2,1-7H3;6-7,14-15H,5,8-13H2,1-4H3;8,11H,4-7H2,1-3H3. The normalized spacial score (nSPS) is 19.9. The van der Waals surface area contributed by atoms with E-state index >= 15 is 0 Å². The Labute approximate surface area is 483 Å². The van der Waals surface area contributed by atoms with Crippen molar-refractivity contribution in [1.29, 1.82) is 0 Å². The number of carbonyl (C=O) groups is 7. The highest BCUT2D eigenvalue weighted by molar-refractivity contribution is 6.02. The second-order valence-electron chi connectivity index (χ2n) is 27.5. The van der Waals surface area contributed by atoms with Crippen LogP contribution in [0.25, 0.3) is 0 Å². The molecule has 2 spiro atoms. The van der Waals surface area contributed by atoms with Crippen LogP contribution >= 0.6 is 0 Å². The molecule has 6 aliphatic heterocycles. The minimum atomic E-state index is -0.519. The zero-order valence-corrected chi connectivity index (χ0v) is 51.7. The molecule has 17 heteroatoms. The summed E-state index contributed by atoms with van der Waals surface area (Å²) in [4.78, 5) is 97.9. The molecule has 6 fully saturated rings. The molecule has 450 valence electrons. The summed E-state index contributed by atoms with van der Waals surface area (Å²) in [7, 11) is 0. The van der Waals surface area contributed by atoms with Crippen LogP contribution in [-0.2, 0) is 35.1 Å². The first kappa shape index (κ1) is 64.6. The van der Waals surface area contributed by atoms with E-state index in [2.05, 4.69) is 28.1 Å². The van der Waals surface area contributed by atoms with Crippen LogP contribution in [0.3, 0.4) is 0 Å². The summed E-state index contributed by atoms with van der Waals surface area (Å²) in [5.74, 6) is -0.0673. The van der Waals surface area contributed by atoms with E-state index in [1.54, 1.807) is 21.9 Å². The Morgan fingerprint density at radius 2 is 0.914 bits per heavy atom. The van der Waals surface area contributed by atoms with Gasteiger partial charge in [-0.1, -0.05) is 29.3 Å². The first-order valence-electron chi connectivity index (χ1n) is 29.9. The predicted molar refractivity (Wildman–Crippen MR) is 313 cm³/mol. The monoisotopic (exact) mass is 1130 g/mol. The zero-order valence-electron chi connectivity index (χ0n) is 51.7. The van der Waals surface area contributed by atoms with E-state index in [1.165, 1.54) is 0 Å². The molecule has 1 N–H and O–H groups in total. The van der Waals surface area contributed by atoms with E-state index in [9.17, 15) is 33.6 Å². The third-order valence-electron chi connectivity index (χ3n) is 16.2. The highest BCUT2D eigenvalue weighted by Gasteiger charge is 2.49. The topological polar surface area (TPSA) is 185 Å². The van der Waals surface area contributed by atoms with Crippen molar-refractivity contribution in [2.75, 3.05) is 65.4 Å². The van der Waals surface area contributed by atoms with E-state index in [-0.39, 0.29) is 64.5 Å². The number of benzene rings is 2.